The molecule has 0 atom stereocenters. The fourth-order valence-corrected chi connectivity index (χ4v) is 0.553. The summed E-state index contributed by atoms with van der Waals surface area (Å²) in [4.78, 5) is 10.1. The molecule has 0 fully saturated rings. The maximum atomic E-state index is 10.1. The van der Waals surface area contributed by atoms with Gasteiger partial charge in [-0.1, -0.05) is 13.8 Å². The molecule has 0 aromatic carbocycles. The molecule has 0 aliphatic carbocycles. The Kier molecular flexibility index (Phi) is 13.0. The van der Waals surface area contributed by atoms with Crippen molar-refractivity contribution in [3.8, 4) is 0 Å². The highest BCUT2D eigenvalue weighted by atomic mass is 16.5. The third kappa shape index (κ3) is 18.4. The van der Waals surface area contributed by atoms with Crippen molar-refractivity contribution in [2.45, 2.75) is 20.8 Å². The molecule has 80 valence electrons. The van der Waals surface area contributed by atoms with Crippen LogP contribution in [0.2, 0.25) is 0 Å². The van der Waals surface area contributed by atoms with Gasteiger partial charge in [0.1, 0.15) is 0 Å². The second-order valence-electron chi connectivity index (χ2n) is 2.86. The van der Waals surface area contributed by atoms with E-state index in [4.69, 9.17) is 10.5 Å². The molecule has 0 radical (unpaired) electrons. The Hall–Kier alpha value is -0.610. The van der Waals surface area contributed by atoms with Gasteiger partial charge in [0.15, 0.2) is 0 Å². The molecule has 0 heterocycles. The Morgan fingerprint density at radius 3 is 2.08 bits per heavy atom. The summed E-state index contributed by atoms with van der Waals surface area (Å²) in [5.74, 6) is 0.331. The number of nitrogens with two attached hydrogens (primary N) is 1. The van der Waals surface area contributed by atoms with Gasteiger partial charge in [-0.05, 0) is 12.8 Å². The minimum Gasteiger partial charge on any atom is -0.465 e. The van der Waals surface area contributed by atoms with Crippen LogP contribution in [0.5, 0.6) is 0 Å². The molecule has 13 heavy (non-hydrogen) atoms. The molecule has 0 saturated carbocycles. The topological polar surface area (TPSA) is 61.5 Å². The van der Waals surface area contributed by atoms with Gasteiger partial charge in [0.25, 0.3) is 0 Å². The van der Waals surface area contributed by atoms with Crippen LogP contribution in [0.25, 0.3) is 0 Å². The SMILES string of the molecule is CCOC(=O)CN.COCC(C)C. The second-order valence-corrected chi connectivity index (χ2v) is 2.86. The minimum absolute atomic E-state index is 0.0200. The van der Waals surface area contributed by atoms with Crippen LogP contribution in [0.15, 0.2) is 0 Å². The summed E-state index contributed by atoms with van der Waals surface area (Å²) in [7, 11) is 1.72. The van der Waals surface area contributed by atoms with Crippen LogP contribution in [0.3, 0.4) is 0 Å². The first-order valence-corrected chi connectivity index (χ1v) is 4.43. The number of rotatable bonds is 4. The number of carbonyl (C=O) groups is 1. The van der Waals surface area contributed by atoms with E-state index in [1.54, 1.807) is 14.0 Å². The van der Waals surface area contributed by atoms with Crippen molar-refractivity contribution in [1.29, 1.82) is 0 Å². The monoisotopic (exact) mass is 191 g/mol. The highest BCUT2D eigenvalue weighted by Crippen LogP contribution is 1.88. The van der Waals surface area contributed by atoms with Gasteiger partial charge in [0.2, 0.25) is 0 Å². The van der Waals surface area contributed by atoms with Crippen molar-refractivity contribution in [2.75, 3.05) is 26.9 Å². The van der Waals surface area contributed by atoms with Crippen molar-refractivity contribution < 1.29 is 14.3 Å². The van der Waals surface area contributed by atoms with Gasteiger partial charge in [-0.25, -0.2) is 0 Å². The van der Waals surface area contributed by atoms with Gasteiger partial charge >= 0.3 is 5.97 Å². The molecule has 0 aromatic rings. The molecule has 0 unspecified atom stereocenters. The lowest BCUT2D eigenvalue weighted by Crippen LogP contribution is -2.16. The first-order valence-electron chi connectivity index (χ1n) is 4.43. The van der Waals surface area contributed by atoms with Crippen molar-refractivity contribution in [3.05, 3.63) is 0 Å². The number of ether oxygens (including phenoxy) is 2. The molecule has 0 spiro atoms. The minimum atomic E-state index is -0.345. The Bertz CT molecular complexity index is 115. The number of esters is 1. The lowest BCUT2D eigenvalue weighted by molar-refractivity contribution is -0.141. The third-order valence-electron chi connectivity index (χ3n) is 0.972. The average molecular weight is 191 g/mol. The van der Waals surface area contributed by atoms with Gasteiger partial charge in [0.05, 0.1) is 13.2 Å². The van der Waals surface area contributed by atoms with Crippen LogP contribution in [-0.2, 0) is 14.3 Å². The molecule has 0 bridgehead atoms. The first kappa shape index (κ1) is 14.9. The van der Waals surface area contributed by atoms with Gasteiger partial charge in [-0.3, -0.25) is 4.79 Å². The van der Waals surface area contributed by atoms with E-state index in [1.807, 2.05) is 0 Å². The lowest BCUT2D eigenvalue weighted by Gasteiger charge is -1.97. The van der Waals surface area contributed by atoms with Crippen molar-refractivity contribution >= 4 is 5.97 Å². The Morgan fingerprint density at radius 2 is 2.00 bits per heavy atom. The molecule has 0 saturated heterocycles. The highest BCUT2D eigenvalue weighted by Gasteiger charge is 1.91. The zero-order valence-corrected chi connectivity index (χ0v) is 9.00. The predicted molar refractivity (Wildman–Crippen MR) is 52.4 cm³/mol. The molecule has 4 heteroatoms. The Morgan fingerprint density at radius 1 is 1.46 bits per heavy atom. The van der Waals surface area contributed by atoms with Crippen LogP contribution < -0.4 is 5.73 Å². The van der Waals surface area contributed by atoms with E-state index in [0.29, 0.717) is 12.5 Å². The summed E-state index contributed by atoms with van der Waals surface area (Å²) in [6, 6.07) is 0. The van der Waals surface area contributed by atoms with Crippen molar-refractivity contribution in [1.82, 2.24) is 0 Å². The largest absolute Gasteiger partial charge is 0.465 e. The zero-order valence-electron chi connectivity index (χ0n) is 9.00. The molecule has 0 aliphatic rings. The van der Waals surface area contributed by atoms with E-state index >= 15 is 0 Å². The molecular weight excluding hydrogens is 170 g/mol. The van der Waals surface area contributed by atoms with Crippen LogP contribution in [-0.4, -0.2) is 32.8 Å². The van der Waals surface area contributed by atoms with E-state index in [2.05, 4.69) is 18.6 Å². The molecule has 0 rings (SSSR count). The Labute approximate surface area is 80.4 Å². The van der Waals surface area contributed by atoms with Gasteiger partial charge in [-0.2, -0.15) is 0 Å². The quantitative estimate of drug-likeness (QED) is 0.668. The van der Waals surface area contributed by atoms with Crippen LogP contribution in [0.4, 0.5) is 0 Å². The predicted octanol–water partition coefficient (Wildman–Crippen LogP) is 0.797. The third-order valence-corrected chi connectivity index (χ3v) is 0.972. The molecule has 0 aliphatic heterocycles. The van der Waals surface area contributed by atoms with Crippen LogP contribution >= 0.6 is 0 Å². The smallest absolute Gasteiger partial charge is 0.319 e. The summed E-state index contributed by atoms with van der Waals surface area (Å²) in [5, 5.41) is 0. The summed E-state index contributed by atoms with van der Waals surface area (Å²) in [5.41, 5.74) is 4.88. The standard InChI is InChI=1S/C5H12O.C4H9NO2/c1-5(2)4-6-3;1-2-7-4(6)3-5/h5H,4H2,1-3H3;2-3,5H2,1H3. The average Bonchev–Trinajstić information content (AvgIpc) is 2.05. The highest BCUT2D eigenvalue weighted by molar-refractivity contribution is 5.71. The number of methoxy groups -OCH3 is 1. The van der Waals surface area contributed by atoms with E-state index in [-0.39, 0.29) is 12.5 Å². The number of hydrogen-bond acceptors (Lipinski definition) is 4. The van der Waals surface area contributed by atoms with Crippen molar-refractivity contribution in [2.24, 2.45) is 11.7 Å². The van der Waals surface area contributed by atoms with Gasteiger partial charge < -0.3 is 15.2 Å². The van der Waals surface area contributed by atoms with E-state index in [0.717, 1.165) is 6.61 Å². The molecule has 0 amide bonds. The second kappa shape index (κ2) is 11.4. The molecule has 2 N–H and O–H groups in total. The summed E-state index contributed by atoms with van der Waals surface area (Å²) < 4.78 is 9.23. The normalized spacial score (nSPS) is 9.08. The maximum Gasteiger partial charge on any atom is 0.319 e. The maximum absolute atomic E-state index is 10.1. The molecule has 4 nitrogen and oxygen atoms in total. The van der Waals surface area contributed by atoms with E-state index in [9.17, 15) is 4.79 Å². The number of carbonyl (C=O) groups excluding carboxylic acids is 1. The van der Waals surface area contributed by atoms with Crippen LogP contribution in [0.1, 0.15) is 20.8 Å². The first-order chi connectivity index (χ1) is 6.08. The summed E-state index contributed by atoms with van der Waals surface area (Å²) in [6.07, 6.45) is 0. The van der Waals surface area contributed by atoms with Gasteiger partial charge in [-0.15, -0.1) is 0 Å². The lowest BCUT2D eigenvalue weighted by atomic mass is 10.2. The zero-order chi connectivity index (χ0) is 10.7. The molecular formula is C9H21NO3. The molecule has 0 aromatic heterocycles. The number of hydrogen-bond donors (Lipinski definition) is 1. The Balaban J connectivity index is 0. The van der Waals surface area contributed by atoms with E-state index in [1.165, 1.54) is 0 Å². The van der Waals surface area contributed by atoms with E-state index < -0.39 is 0 Å². The fourth-order valence-electron chi connectivity index (χ4n) is 0.553. The van der Waals surface area contributed by atoms with Crippen LogP contribution in [0, 0.1) is 5.92 Å². The summed E-state index contributed by atoms with van der Waals surface area (Å²) >= 11 is 0. The van der Waals surface area contributed by atoms with Gasteiger partial charge in [0, 0.05) is 13.7 Å². The fraction of sp³-hybridized carbons (Fsp3) is 0.889. The van der Waals surface area contributed by atoms with Crippen molar-refractivity contribution in [3.63, 3.8) is 0 Å². The summed E-state index contributed by atoms with van der Waals surface area (Å²) in [6.45, 7) is 7.27.